The Kier molecular flexibility index (Phi) is 5.93. The fourth-order valence-electron chi connectivity index (χ4n) is 3.45. The maximum atomic E-state index is 14.0. The summed E-state index contributed by atoms with van der Waals surface area (Å²) in [4.78, 5) is 37.9. The van der Waals surface area contributed by atoms with Crippen LogP contribution in [0.2, 0.25) is 0 Å². The summed E-state index contributed by atoms with van der Waals surface area (Å²) in [6, 6.07) is 11.7. The second kappa shape index (κ2) is 8.96. The van der Waals surface area contributed by atoms with Crippen LogP contribution in [0.3, 0.4) is 0 Å². The topological polar surface area (TPSA) is 96.3 Å². The second-order valence-corrected chi connectivity index (χ2v) is 7.26. The van der Waals surface area contributed by atoms with Crippen molar-refractivity contribution in [1.29, 1.82) is 0 Å². The summed E-state index contributed by atoms with van der Waals surface area (Å²) >= 11 is 0. The minimum atomic E-state index is -0.877. The average Bonchev–Trinajstić information content (AvgIpc) is 3.43. The highest BCUT2D eigenvalue weighted by Gasteiger charge is 2.36. The third kappa shape index (κ3) is 4.64. The van der Waals surface area contributed by atoms with E-state index in [1.165, 1.54) is 0 Å². The summed E-state index contributed by atoms with van der Waals surface area (Å²) in [5, 5.41) is 9.29. The molecular formula is C22H19F2N5O3. The molecule has 4 rings (SSSR count). The Bertz CT molecular complexity index is 1150. The van der Waals surface area contributed by atoms with Gasteiger partial charge in [-0.3, -0.25) is 14.4 Å². The molecule has 8 nitrogen and oxygen atoms in total. The number of benzene rings is 2. The lowest BCUT2D eigenvalue weighted by atomic mass is 10.1. The van der Waals surface area contributed by atoms with Gasteiger partial charge in [0, 0.05) is 37.1 Å². The van der Waals surface area contributed by atoms with Crippen LogP contribution >= 0.6 is 0 Å². The predicted octanol–water partition coefficient (Wildman–Crippen LogP) is 2.26. The van der Waals surface area contributed by atoms with E-state index in [9.17, 15) is 23.2 Å². The Morgan fingerprint density at radius 3 is 2.59 bits per heavy atom. The minimum absolute atomic E-state index is 0.0519. The lowest BCUT2D eigenvalue weighted by molar-refractivity contribution is -0.127. The minimum Gasteiger partial charge on any atom is -0.347 e. The van der Waals surface area contributed by atoms with E-state index >= 15 is 0 Å². The fraction of sp³-hybridized carbons (Fsp3) is 0.182. The molecule has 10 heteroatoms. The largest absolute Gasteiger partial charge is 0.347 e. The molecule has 32 heavy (non-hydrogen) atoms. The van der Waals surface area contributed by atoms with E-state index in [2.05, 4.69) is 15.7 Å². The summed E-state index contributed by atoms with van der Waals surface area (Å²) in [6.07, 6.45) is 3.33. The number of carbonyl (C=O) groups is 3. The maximum Gasteiger partial charge on any atom is 0.243 e. The molecule has 164 valence electrons. The molecule has 1 unspecified atom stereocenters. The number of rotatable bonds is 6. The van der Waals surface area contributed by atoms with Gasteiger partial charge in [-0.25, -0.2) is 13.5 Å². The number of halogens is 2. The predicted molar refractivity (Wildman–Crippen MR) is 112 cm³/mol. The van der Waals surface area contributed by atoms with Gasteiger partial charge >= 0.3 is 0 Å². The molecular weight excluding hydrogens is 420 g/mol. The van der Waals surface area contributed by atoms with Gasteiger partial charge in [0.25, 0.3) is 0 Å². The highest BCUT2D eigenvalue weighted by atomic mass is 19.1. The SMILES string of the molecule is O=C(CNC(=O)C1CC(=O)N(c2ccc(F)cc2F)C1)Nc1ccc(-n2cccn2)cc1. The van der Waals surface area contributed by atoms with Crippen LogP contribution < -0.4 is 15.5 Å². The normalized spacial score (nSPS) is 15.6. The van der Waals surface area contributed by atoms with Crippen LogP contribution in [0.15, 0.2) is 60.9 Å². The number of nitrogens with zero attached hydrogens (tertiary/aromatic N) is 3. The Morgan fingerprint density at radius 2 is 1.91 bits per heavy atom. The van der Waals surface area contributed by atoms with Crippen LogP contribution in [0.4, 0.5) is 20.2 Å². The number of nitrogens with one attached hydrogen (secondary N) is 2. The zero-order valence-corrected chi connectivity index (χ0v) is 16.8. The fourth-order valence-corrected chi connectivity index (χ4v) is 3.45. The van der Waals surface area contributed by atoms with Crippen molar-refractivity contribution in [1.82, 2.24) is 15.1 Å². The molecule has 0 bridgehead atoms. The average molecular weight is 439 g/mol. The first kappa shape index (κ1) is 21.2. The van der Waals surface area contributed by atoms with Gasteiger partial charge in [0.2, 0.25) is 17.7 Å². The van der Waals surface area contributed by atoms with E-state index in [0.29, 0.717) is 11.8 Å². The molecule has 0 aliphatic carbocycles. The number of carbonyl (C=O) groups excluding carboxylic acids is 3. The first-order valence-electron chi connectivity index (χ1n) is 9.84. The van der Waals surface area contributed by atoms with Gasteiger partial charge in [0.05, 0.1) is 23.8 Å². The molecule has 1 fully saturated rings. The van der Waals surface area contributed by atoms with Crippen molar-refractivity contribution in [2.75, 3.05) is 23.3 Å². The van der Waals surface area contributed by atoms with E-state index in [1.807, 2.05) is 0 Å². The summed E-state index contributed by atoms with van der Waals surface area (Å²) in [6.45, 7) is -0.334. The van der Waals surface area contributed by atoms with E-state index < -0.39 is 35.3 Å². The van der Waals surface area contributed by atoms with Gasteiger partial charge in [0.15, 0.2) is 0 Å². The summed E-state index contributed by atoms with van der Waals surface area (Å²) in [7, 11) is 0. The Labute approximate surface area is 181 Å². The van der Waals surface area contributed by atoms with Crippen LogP contribution in [0.5, 0.6) is 0 Å². The second-order valence-electron chi connectivity index (χ2n) is 7.26. The quantitative estimate of drug-likeness (QED) is 0.616. The van der Waals surface area contributed by atoms with Crippen LogP contribution in [0.1, 0.15) is 6.42 Å². The number of amides is 3. The van der Waals surface area contributed by atoms with Crippen LogP contribution in [-0.2, 0) is 14.4 Å². The maximum absolute atomic E-state index is 14.0. The molecule has 1 saturated heterocycles. The van der Waals surface area contributed by atoms with Crippen molar-refractivity contribution in [2.24, 2.45) is 5.92 Å². The standard InChI is InChI=1S/C22H19F2N5O3/c23-15-2-7-19(18(24)11-15)28-13-14(10-21(28)31)22(32)25-12-20(30)27-16-3-5-17(6-4-16)29-9-1-8-26-29/h1-9,11,14H,10,12-13H2,(H,25,32)(H,27,30). The van der Waals surface area contributed by atoms with Crippen molar-refractivity contribution >= 4 is 29.1 Å². The molecule has 0 saturated carbocycles. The molecule has 1 aromatic heterocycles. The van der Waals surface area contributed by atoms with Gasteiger partial charge in [-0.05, 0) is 42.5 Å². The molecule has 1 atom stereocenters. The van der Waals surface area contributed by atoms with Gasteiger partial charge in [0.1, 0.15) is 11.6 Å². The molecule has 1 aliphatic heterocycles. The molecule has 2 heterocycles. The van der Waals surface area contributed by atoms with E-state index in [4.69, 9.17) is 0 Å². The highest BCUT2D eigenvalue weighted by Crippen LogP contribution is 2.28. The first-order chi connectivity index (χ1) is 15.4. The summed E-state index contributed by atoms with van der Waals surface area (Å²) < 4.78 is 28.8. The number of hydrogen-bond acceptors (Lipinski definition) is 4. The lowest BCUT2D eigenvalue weighted by Crippen LogP contribution is -2.38. The van der Waals surface area contributed by atoms with E-state index in [-0.39, 0.29) is 25.2 Å². The monoisotopic (exact) mass is 439 g/mol. The Morgan fingerprint density at radius 1 is 1.12 bits per heavy atom. The molecule has 0 spiro atoms. The molecule has 0 radical (unpaired) electrons. The van der Waals surface area contributed by atoms with Gasteiger partial charge < -0.3 is 15.5 Å². The van der Waals surface area contributed by atoms with Gasteiger partial charge in [-0.15, -0.1) is 0 Å². The summed E-state index contributed by atoms with van der Waals surface area (Å²) in [5.74, 6) is -3.75. The van der Waals surface area contributed by atoms with Crippen molar-refractivity contribution in [2.45, 2.75) is 6.42 Å². The summed E-state index contributed by atoms with van der Waals surface area (Å²) in [5.41, 5.74) is 1.30. The Hall–Kier alpha value is -4.08. The number of aromatic nitrogens is 2. The zero-order valence-electron chi connectivity index (χ0n) is 16.8. The molecule has 3 aromatic rings. The van der Waals surface area contributed by atoms with Crippen LogP contribution in [-0.4, -0.2) is 40.6 Å². The smallest absolute Gasteiger partial charge is 0.243 e. The third-order valence-corrected chi connectivity index (χ3v) is 5.04. The number of hydrogen-bond donors (Lipinski definition) is 2. The zero-order chi connectivity index (χ0) is 22.7. The van der Waals surface area contributed by atoms with Crippen molar-refractivity contribution < 1.29 is 23.2 Å². The Balaban J connectivity index is 1.29. The van der Waals surface area contributed by atoms with Gasteiger partial charge in [-0.2, -0.15) is 5.10 Å². The molecule has 3 amide bonds. The lowest BCUT2D eigenvalue weighted by Gasteiger charge is -2.17. The van der Waals surface area contributed by atoms with Crippen LogP contribution in [0, 0.1) is 17.6 Å². The third-order valence-electron chi connectivity index (χ3n) is 5.04. The number of anilines is 2. The molecule has 2 aromatic carbocycles. The van der Waals surface area contributed by atoms with E-state index in [1.54, 1.807) is 47.4 Å². The van der Waals surface area contributed by atoms with Crippen LogP contribution in [0.25, 0.3) is 5.69 Å². The molecule has 2 N–H and O–H groups in total. The highest BCUT2D eigenvalue weighted by molar-refractivity contribution is 6.01. The van der Waals surface area contributed by atoms with Crippen molar-refractivity contribution in [3.63, 3.8) is 0 Å². The van der Waals surface area contributed by atoms with Gasteiger partial charge in [-0.1, -0.05) is 0 Å². The van der Waals surface area contributed by atoms with Crippen molar-refractivity contribution in [3.8, 4) is 5.69 Å². The van der Waals surface area contributed by atoms with E-state index in [0.717, 1.165) is 22.7 Å². The molecule has 1 aliphatic rings. The van der Waals surface area contributed by atoms with Crippen molar-refractivity contribution in [3.05, 3.63) is 72.6 Å². The first-order valence-corrected chi connectivity index (χ1v) is 9.84.